The van der Waals surface area contributed by atoms with Crippen LogP contribution in [-0.4, -0.2) is 53.4 Å². The van der Waals surface area contributed by atoms with E-state index in [-0.39, 0.29) is 17.9 Å². The van der Waals surface area contributed by atoms with Crippen LogP contribution in [-0.2, 0) is 20.9 Å². The first kappa shape index (κ1) is 17.9. The molecule has 2 aliphatic heterocycles. The molecule has 0 spiro atoms. The van der Waals surface area contributed by atoms with Gasteiger partial charge < -0.3 is 9.64 Å². The summed E-state index contributed by atoms with van der Waals surface area (Å²) in [5.41, 5.74) is 0.999. The molecule has 136 valence electrons. The van der Waals surface area contributed by atoms with E-state index in [2.05, 4.69) is 11.8 Å². The fourth-order valence-corrected chi connectivity index (χ4v) is 3.87. The molecule has 1 aromatic carbocycles. The first-order valence-corrected chi connectivity index (χ1v) is 9.39. The van der Waals surface area contributed by atoms with Gasteiger partial charge in [-0.1, -0.05) is 30.3 Å². The predicted octanol–water partition coefficient (Wildman–Crippen LogP) is 2.60. The molecule has 0 aromatic heterocycles. The molecular weight excluding hydrogens is 316 g/mol. The van der Waals surface area contributed by atoms with Gasteiger partial charge in [-0.15, -0.1) is 0 Å². The summed E-state index contributed by atoms with van der Waals surface area (Å²) in [6.07, 6.45) is 4.50. The lowest BCUT2D eigenvalue weighted by Crippen LogP contribution is -2.41. The third-order valence-electron chi connectivity index (χ3n) is 5.35. The van der Waals surface area contributed by atoms with Gasteiger partial charge in [0, 0.05) is 25.6 Å². The molecule has 2 fully saturated rings. The van der Waals surface area contributed by atoms with Crippen molar-refractivity contribution in [1.82, 2.24) is 9.80 Å². The number of ether oxygens (including phenoxy) is 1. The molecule has 0 bridgehead atoms. The van der Waals surface area contributed by atoms with E-state index >= 15 is 0 Å². The summed E-state index contributed by atoms with van der Waals surface area (Å²) >= 11 is 0. The molecule has 2 atom stereocenters. The molecule has 2 heterocycles. The van der Waals surface area contributed by atoms with E-state index in [9.17, 15) is 9.59 Å². The van der Waals surface area contributed by atoms with Gasteiger partial charge in [0.15, 0.2) is 0 Å². The zero-order valence-electron chi connectivity index (χ0n) is 15.0. The summed E-state index contributed by atoms with van der Waals surface area (Å²) in [5.74, 6) is 0.0524. The van der Waals surface area contributed by atoms with Gasteiger partial charge in [0.25, 0.3) is 0 Å². The second-order valence-corrected chi connectivity index (χ2v) is 7.12. The van der Waals surface area contributed by atoms with Gasteiger partial charge in [-0.2, -0.15) is 0 Å². The molecule has 0 unspecified atom stereocenters. The summed E-state index contributed by atoms with van der Waals surface area (Å²) in [6, 6.07) is 9.89. The zero-order chi connectivity index (χ0) is 17.6. The van der Waals surface area contributed by atoms with Gasteiger partial charge in [0.2, 0.25) is 5.91 Å². The molecule has 0 aliphatic carbocycles. The monoisotopic (exact) mass is 344 g/mol. The van der Waals surface area contributed by atoms with Crippen LogP contribution in [0.4, 0.5) is 0 Å². The molecule has 25 heavy (non-hydrogen) atoms. The maximum atomic E-state index is 12.4. The molecule has 2 saturated heterocycles. The van der Waals surface area contributed by atoms with Crippen LogP contribution < -0.4 is 0 Å². The fraction of sp³-hybridized carbons (Fsp3) is 0.600. The quantitative estimate of drug-likeness (QED) is 0.745. The van der Waals surface area contributed by atoms with Crippen LogP contribution in [0, 0.1) is 0 Å². The Labute approximate surface area is 149 Å². The largest absolute Gasteiger partial charge is 0.460 e. The minimum atomic E-state index is -0.201. The molecule has 2 aliphatic rings. The number of likely N-dealkylation sites (tertiary alicyclic amines) is 2. The average molecular weight is 344 g/mol. The summed E-state index contributed by atoms with van der Waals surface area (Å²) in [5, 5.41) is 0. The Morgan fingerprint density at radius 3 is 2.60 bits per heavy atom. The third kappa shape index (κ3) is 4.60. The third-order valence-corrected chi connectivity index (χ3v) is 5.35. The first-order chi connectivity index (χ1) is 12.1. The van der Waals surface area contributed by atoms with Crippen LogP contribution in [0.3, 0.4) is 0 Å². The Bertz CT molecular complexity index is 590. The maximum absolute atomic E-state index is 12.4. The van der Waals surface area contributed by atoms with Gasteiger partial charge in [-0.25, -0.2) is 0 Å². The molecule has 0 radical (unpaired) electrons. The molecule has 0 saturated carbocycles. The number of esters is 1. The lowest BCUT2D eigenvalue weighted by atomic mass is 10.2. The summed E-state index contributed by atoms with van der Waals surface area (Å²) < 4.78 is 5.49. The van der Waals surface area contributed by atoms with Crippen molar-refractivity contribution in [2.75, 3.05) is 19.6 Å². The minimum absolute atomic E-state index is 0.164. The molecule has 0 N–H and O–H groups in total. The molecule has 1 amide bonds. The molecule has 5 nitrogen and oxygen atoms in total. The van der Waals surface area contributed by atoms with Crippen molar-refractivity contribution < 1.29 is 14.3 Å². The Hall–Kier alpha value is -1.88. The summed E-state index contributed by atoms with van der Waals surface area (Å²) in [6.45, 7) is 4.82. The summed E-state index contributed by atoms with van der Waals surface area (Å²) in [7, 11) is 0. The topological polar surface area (TPSA) is 49.9 Å². The van der Waals surface area contributed by atoms with Crippen LogP contribution in [0.2, 0.25) is 0 Å². The number of benzene rings is 1. The fourth-order valence-electron chi connectivity index (χ4n) is 3.87. The second kappa shape index (κ2) is 8.48. The maximum Gasteiger partial charge on any atom is 0.323 e. The number of amides is 1. The van der Waals surface area contributed by atoms with E-state index in [1.165, 1.54) is 0 Å². The van der Waals surface area contributed by atoms with E-state index in [0.29, 0.717) is 25.6 Å². The van der Waals surface area contributed by atoms with Crippen molar-refractivity contribution in [3.63, 3.8) is 0 Å². The van der Waals surface area contributed by atoms with Gasteiger partial charge >= 0.3 is 5.97 Å². The summed E-state index contributed by atoms with van der Waals surface area (Å²) in [4.78, 5) is 28.9. The highest BCUT2D eigenvalue weighted by atomic mass is 16.5. The number of carbonyl (C=O) groups is 2. The smallest absolute Gasteiger partial charge is 0.323 e. The predicted molar refractivity (Wildman–Crippen MR) is 95.9 cm³/mol. The van der Waals surface area contributed by atoms with Gasteiger partial charge in [0.05, 0.1) is 0 Å². The second-order valence-electron chi connectivity index (χ2n) is 7.12. The standard InChI is InChI=1S/C20H28N2O3/c1-16-7-5-13-22(16)19(23)11-14-21-12-6-10-18(21)20(24)25-15-17-8-3-2-4-9-17/h2-4,8-9,16,18H,5-7,10-15H2,1H3/t16-,18-/m1/s1. The number of hydrogen-bond acceptors (Lipinski definition) is 4. The molecule has 3 rings (SSSR count). The van der Waals surface area contributed by atoms with Crippen molar-refractivity contribution in [3.8, 4) is 0 Å². The molecular formula is C20H28N2O3. The highest BCUT2D eigenvalue weighted by Gasteiger charge is 2.33. The van der Waals surface area contributed by atoms with Crippen LogP contribution >= 0.6 is 0 Å². The average Bonchev–Trinajstić information content (AvgIpc) is 3.27. The van der Waals surface area contributed by atoms with Gasteiger partial charge in [-0.05, 0) is 44.7 Å². The van der Waals surface area contributed by atoms with E-state index in [1.807, 2.05) is 35.2 Å². The first-order valence-electron chi connectivity index (χ1n) is 9.39. The van der Waals surface area contributed by atoms with Crippen molar-refractivity contribution in [2.24, 2.45) is 0 Å². The van der Waals surface area contributed by atoms with Gasteiger partial charge in [0.1, 0.15) is 12.6 Å². The van der Waals surface area contributed by atoms with Crippen LogP contribution in [0.25, 0.3) is 0 Å². The highest BCUT2D eigenvalue weighted by molar-refractivity contribution is 5.78. The normalized spacial score (nSPS) is 23.8. The van der Waals surface area contributed by atoms with Crippen LogP contribution in [0.5, 0.6) is 0 Å². The Balaban J connectivity index is 1.46. The van der Waals surface area contributed by atoms with E-state index in [1.54, 1.807) is 0 Å². The van der Waals surface area contributed by atoms with E-state index in [0.717, 1.165) is 44.3 Å². The van der Waals surface area contributed by atoms with Crippen molar-refractivity contribution >= 4 is 11.9 Å². The lowest BCUT2D eigenvalue weighted by Gasteiger charge is -2.25. The molecule has 5 heteroatoms. The van der Waals surface area contributed by atoms with E-state index < -0.39 is 0 Å². The SMILES string of the molecule is C[C@@H]1CCCN1C(=O)CCN1CCC[C@@H]1C(=O)OCc1ccccc1. The number of hydrogen-bond donors (Lipinski definition) is 0. The number of nitrogens with zero attached hydrogens (tertiary/aromatic N) is 2. The number of carbonyl (C=O) groups excluding carboxylic acids is 2. The van der Waals surface area contributed by atoms with Gasteiger partial charge in [-0.3, -0.25) is 14.5 Å². The highest BCUT2D eigenvalue weighted by Crippen LogP contribution is 2.21. The number of rotatable bonds is 6. The van der Waals surface area contributed by atoms with E-state index in [4.69, 9.17) is 4.74 Å². The van der Waals surface area contributed by atoms with Crippen molar-refractivity contribution in [2.45, 2.75) is 57.7 Å². The van der Waals surface area contributed by atoms with Crippen LogP contribution in [0.1, 0.15) is 44.6 Å². The Kier molecular flexibility index (Phi) is 6.08. The molecule has 1 aromatic rings. The van der Waals surface area contributed by atoms with Crippen molar-refractivity contribution in [3.05, 3.63) is 35.9 Å². The van der Waals surface area contributed by atoms with Crippen LogP contribution in [0.15, 0.2) is 30.3 Å². The Morgan fingerprint density at radius 2 is 1.88 bits per heavy atom. The van der Waals surface area contributed by atoms with Crippen molar-refractivity contribution in [1.29, 1.82) is 0 Å². The Morgan fingerprint density at radius 1 is 1.12 bits per heavy atom. The zero-order valence-corrected chi connectivity index (χ0v) is 15.0. The minimum Gasteiger partial charge on any atom is -0.460 e. The lowest BCUT2D eigenvalue weighted by molar-refractivity contribution is -0.150.